The number of halogens is 1. The van der Waals surface area contributed by atoms with Crippen LogP contribution < -0.4 is 5.73 Å². The Kier molecular flexibility index (Phi) is 7.75. The standard InChI is InChI=1S/C15H20N2S.ClH/c16-8-10-17(12-15-7-11-18-13-15)9-6-14-4-2-1-3-5-14;/h1-5,7,11,13H,6,8-10,12,16H2;1H. The first-order chi connectivity index (χ1) is 8.88. The van der Waals surface area contributed by atoms with Crippen molar-refractivity contribution in [1.29, 1.82) is 0 Å². The summed E-state index contributed by atoms with van der Waals surface area (Å²) in [6.07, 6.45) is 1.09. The van der Waals surface area contributed by atoms with Gasteiger partial charge in [0.15, 0.2) is 0 Å². The summed E-state index contributed by atoms with van der Waals surface area (Å²) in [6.45, 7) is 3.76. The summed E-state index contributed by atoms with van der Waals surface area (Å²) in [5, 5.41) is 4.35. The lowest BCUT2D eigenvalue weighted by Crippen LogP contribution is -2.30. The van der Waals surface area contributed by atoms with Gasteiger partial charge in [0.05, 0.1) is 0 Å². The van der Waals surface area contributed by atoms with Gasteiger partial charge in [0.25, 0.3) is 0 Å². The molecule has 0 atom stereocenters. The average Bonchev–Trinajstić information content (AvgIpc) is 2.90. The minimum atomic E-state index is 0. The van der Waals surface area contributed by atoms with Crippen molar-refractivity contribution in [2.24, 2.45) is 5.73 Å². The molecule has 19 heavy (non-hydrogen) atoms. The topological polar surface area (TPSA) is 29.3 Å². The van der Waals surface area contributed by atoms with E-state index in [0.29, 0.717) is 0 Å². The molecule has 4 heteroatoms. The maximum Gasteiger partial charge on any atom is 0.0242 e. The third-order valence-electron chi connectivity index (χ3n) is 2.99. The Hall–Kier alpha value is -0.870. The predicted octanol–water partition coefficient (Wildman–Crippen LogP) is 3.17. The Bertz CT molecular complexity index is 431. The smallest absolute Gasteiger partial charge is 0.0242 e. The first-order valence-corrected chi connectivity index (χ1v) is 7.30. The third kappa shape index (κ3) is 5.74. The number of nitrogens with two attached hydrogens (primary N) is 1. The van der Waals surface area contributed by atoms with E-state index in [1.54, 1.807) is 11.3 Å². The predicted molar refractivity (Wildman–Crippen MR) is 86.0 cm³/mol. The van der Waals surface area contributed by atoms with Gasteiger partial charge in [-0.1, -0.05) is 30.3 Å². The van der Waals surface area contributed by atoms with Crippen LogP contribution in [0.3, 0.4) is 0 Å². The molecule has 0 radical (unpaired) electrons. The average molecular weight is 297 g/mol. The summed E-state index contributed by atoms with van der Waals surface area (Å²) in [6, 6.07) is 12.8. The van der Waals surface area contributed by atoms with Crippen LogP contribution in [0.25, 0.3) is 0 Å². The van der Waals surface area contributed by atoms with Crippen LogP contribution in [0.15, 0.2) is 47.2 Å². The molecule has 0 bridgehead atoms. The summed E-state index contributed by atoms with van der Waals surface area (Å²) in [5.41, 5.74) is 8.47. The van der Waals surface area contributed by atoms with Gasteiger partial charge in [0, 0.05) is 26.2 Å². The van der Waals surface area contributed by atoms with Crippen LogP contribution in [0, 0.1) is 0 Å². The molecule has 2 N–H and O–H groups in total. The molecule has 1 aromatic heterocycles. The van der Waals surface area contributed by atoms with Crippen molar-refractivity contribution in [2.75, 3.05) is 19.6 Å². The Morgan fingerprint density at radius 2 is 1.79 bits per heavy atom. The normalized spacial score (nSPS) is 10.4. The maximum absolute atomic E-state index is 5.69. The quantitative estimate of drug-likeness (QED) is 0.850. The van der Waals surface area contributed by atoms with Crippen LogP contribution in [-0.4, -0.2) is 24.5 Å². The molecular formula is C15H21ClN2S. The molecule has 0 spiro atoms. The maximum atomic E-state index is 5.69. The Balaban J connectivity index is 0.00000180. The minimum Gasteiger partial charge on any atom is -0.329 e. The van der Waals surface area contributed by atoms with Crippen LogP contribution in [0.4, 0.5) is 0 Å². The van der Waals surface area contributed by atoms with Gasteiger partial charge in [-0.05, 0) is 34.4 Å². The summed E-state index contributed by atoms with van der Waals surface area (Å²) in [5.74, 6) is 0. The van der Waals surface area contributed by atoms with Crippen LogP contribution in [0.2, 0.25) is 0 Å². The minimum absolute atomic E-state index is 0. The molecule has 0 aliphatic rings. The number of benzene rings is 1. The molecular weight excluding hydrogens is 276 g/mol. The van der Waals surface area contributed by atoms with E-state index in [1.807, 2.05) is 0 Å². The van der Waals surface area contributed by atoms with E-state index in [0.717, 1.165) is 32.6 Å². The van der Waals surface area contributed by atoms with E-state index in [1.165, 1.54) is 11.1 Å². The van der Waals surface area contributed by atoms with Crippen LogP contribution in [0.5, 0.6) is 0 Å². The first-order valence-electron chi connectivity index (χ1n) is 6.36. The lowest BCUT2D eigenvalue weighted by atomic mass is 10.1. The number of thiophene rings is 1. The molecule has 1 aromatic carbocycles. The summed E-state index contributed by atoms with van der Waals surface area (Å²) in [7, 11) is 0. The largest absolute Gasteiger partial charge is 0.329 e. The monoisotopic (exact) mass is 296 g/mol. The third-order valence-corrected chi connectivity index (χ3v) is 3.72. The number of rotatable bonds is 7. The van der Waals surface area contributed by atoms with Gasteiger partial charge in [-0.25, -0.2) is 0 Å². The fourth-order valence-corrected chi connectivity index (χ4v) is 2.69. The molecule has 0 saturated heterocycles. The van der Waals surface area contributed by atoms with Gasteiger partial charge >= 0.3 is 0 Å². The van der Waals surface area contributed by atoms with Crippen LogP contribution >= 0.6 is 23.7 Å². The van der Waals surface area contributed by atoms with Gasteiger partial charge in [-0.3, -0.25) is 4.90 Å². The van der Waals surface area contributed by atoms with Crippen molar-refractivity contribution in [2.45, 2.75) is 13.0 Å². The highest BCUT2D eigenvalue weighted by atomic mass is 35.5. The van der Waals surface area contributed by atoms with Gasteiger partial charge in [0.2, 0.25) is 0 Å². The Labute approximate surface area is 125 Å². The van der Waals surface area contributed by atoms with Gasteiger partial charge < -0.3 is 5.73 Å². The fraction of sp³-hybridized carbons (Fsp3) is 0.333. The van der Waals surface area contributed by atoms with E-state index in [9.17, 15) is 0 Å². The highest BCUT2D eigenvalue weighted by Crippen LogP contribution is 2.10. The van der Waals surface area contributed by atoms with Gasteiger partial charge in [-0.2, -0.15) is 11.3 Å². The SMILES string of the molecule is Cl.NCCN(CCc1ccccc1)Cc1ccsc1. The molecule has 0 unspecified atom stereocenters. The number of nitrogens with zero attached hydrogens (tertiary/aromatic N) is 1. The zero-order valence-corrected chi connectivity index (χ0v) is 12.6. The first kappa shape index (κ1) is 16.2. The van der Waals surface area contributed by atoms with E-state index in [2.05, 4.69) is 52.1 Å². The van der Waals surface area contributed by atoms with E-state index in [-0.39, 0.29) is 12.4 Å². The molecule has 2 rings (SSSR count). The molecule has 1 heterocycles. The van der Waals surface area contributed by atoms with Crippen molar-refractivity contribution in [3.05, 3.63) is 58.3 Å². The highest BCUT2D eigenvalue weighted by Gasteiger charge is 2.05. The lowest BCUT2D eigenvalue weighted by Gasteiger charge is -2.21. The Morgan fingerprint density at radius 3 is 2.42 bits per heavy atom. The van der Waals surface area contributed by atoms with E-state index in [4.69, 9.17) is 5.73 Å². The molecule has 0 fully saturated rings. The molecule has 0 aliphatic heterocycles. The van der Waals surface area contributed by atoms with Crippen molar-refractivity contribution < 1.29 is 0 Å². The van der Waals surface area contributed by atoms with Gasteiger partial charge in [0.1, 0.15) is 0 Å². The second kappa shape index (κ2) is 9.10. The summed E-state index contributed by atoms with van der Waals surface area (Å²) in [4.78, 5) is 2.43. The van der Waals surface area contributed by atoms with E-state index < -0.39 is 0 Å². The highest BCUT2D eigenvalue weighted by molar-refractivity contribution is 7.07. The second-order valence-electron chi connectivity index (χ2n) is 4.43. The molecule has 0 aliphatic carbocycles. The zero-order chi connectivity index (χ0) is 12.6. The summed E-state index contributed by atoms with van der Waals surface area (Å²) >= 11 is 1.76. The van der Waals surface area contributed by atoms with Crippen molar-refractivity contribution in [3.8, 4) is 0 Å². The van der Waals surface area contributed by atoms with Crippen molar-refractivity contribution in [1.82, 2.24) is 4.90 Å². The van der Waals surface area contributed by atoms with Gasteiger partial charge in [-0.15, -0.1) is 12.4 Å². The van der Waals surface area contributed by atoms with Crippen LogP contribution in [0.1, 0.15) is 11.1 Å². The molecule has 2 nitrogen and oxygen atoms in total. The zero-order valence-electron chi connectivity index (χ0n) is 11.0. The van der Waals surface area contributed by atoms with Crippen molar-refractivity contribution >= 4 is 23.7 Å². The lowest BCUT2D eigenvalue weighted by molar-refractivity contribution is 0.277. The molecule has 0 amide bonds. The fourth-order valence-electron chi connectivity index (χ4n) is 2.03. The Morgan fingerprint density at radius 1 is 1.00 bits per heavy atom. The number of hydrogen-bond donors (Lipinski definition) is 1. The molecule has 104 valence electrons. The molecule has 0 saturated carbocycles. The van der Waals surface area contributed by atoms with Crippen LogP contribution in [-0.2, 0) is 13.0 Å². The number of hydrogen-bond acceptors (Lipinski definition) is 3. The molecule has 2 aromatic rings. The van der Waals surface area contributed by atoms with E-state index >= 15 is 0 Å². The second-order valence-corrected chi connectivity index (χ2v) is 5.21. The summed E-state index contributed by atoms with van der Waals surface area (Å²) < 4.78 is 0. The van der Waals surface area contributed by atoms with Crippen molar-refractivity contribution in [3.63, 3.8) is 0 Å².